The third-order valence-electron chi connectivity index (χ3n) is 3.75. The van der Waals surface area contributed by atoms with Crippen molar-refractivity contribution in [2.24, 2.45) is 0 Å². The van der Waals surface area contributed by atoms with E-state index >= 15 is 0 Å². The number of fused-ring (bicyclic) bond motifs is 1. The van der Waals surface area contributed by atoms with Gasteiger partial charge < -0.3 is 9.88 Å². The normalized spacial score (nSPS) is 17.6. The average molecular weight is 249 g/mol. The molecule has 0 fully saturated rings. The van der Waals surface area contributed by atoms with Crippen LogP contribution in [0.4, 0.5) is 0 Å². The molecule has 1 aromatic rings. The quantitative estimate of drug-likeness (QED) is 0.888. The van der Waals surface area contributed by atoms with Crippen molar-refractivity contribution >= 4 is 0 Å². The van der Waals surface area contributed by atoms with Gasteiger partial charge in [0.2, 0.25) is 0 Å². The van der Waals surface area contributed by atoms with Crippen LogP contribution in [0.3, 0.4) is 0 Å². The van der Waals surface area contributed by atoms with Crippen LogP contribution in [0, 0.1) is 0 Å². The van der Waals surface area contributed by atoms with Gasteiger partial charge in [-0.1, -0.05) is 0 Å². The van der Waals surface area contributed by atoms with Crippen LogP contribution in [-0.4, -0.2) is 21.6 Å². The van der Waals surface area contributed by atoms with E-state index in [-0.39, 0.29) is 5.54 Å². The van der Waals surface area contributed by atoms with Gasteiger partial charge in [0.1, 0.15) is 0 Å². The first-order valence-corrected chi connectivity index (χ1v) is 7.27. The minimum absolute atomic E-state index is 0.216. The zero-order valence-corrected chi connectivity index (χ0v) is 12.3. The van der Waals surface area contributed by atoms with E-state index < -0.39 is 0 Å². The lowest BCUT2D eigenvalue weighted by molar-refractivity contribution is 0.387. The highest BCUT2D eigenvalue weighted by Gasteiger charge is 2.18. The Hall–Kier alpha value is -0.830. The van der Waals surface area contributed by atoms with Crippen LogP contribution in [0.1, 0.15) is 64.4 Å². The summed E-state index contributed by atoms with van der Waals surface area (Å²) in [6, 6.07) is 0.550. The molecule has 0 saturated heterocycles. The molecule has 3 nitrogen and oxygen atoms in total. The molecule has 0 radical (unpaired) electrons. The Kier molecular flexibility index (Phi) is 4.10. The number of hydrogen-bond donors (Lipinski definition) is 1. The van der Waals surface area contributed by atoms with Gasteiger partial charge in [-0.05, 0) is 66.3 Å². The standard InChI is InChI=1S/C15H27N3/c1-12(9-10-17-15(2,3)4)18-11-16-13-7-5-6-8-14(13)18/h11-12,17H,5-10H2,1-4H3. The molecule has 0 bridgehead atoms. The first-order valence-electron chi connectivity index (χ1n) is 7.27. The number of rotatable bonds is 4. The highest BCUT2D eigenvalue weighted by Crippen LogP contribution is 2.24. The Bertz CT molecular complexity index is 387. The first kappa shape index (κ1) is 13.6. The molecule has 1 aromatic heterocycles. The molecule has 1 heterocycles. The minimum Gasteiger partial charge on any atom is -0.331 e. The molecule has 102 valence electrons. The van der Waals surface area contributed by atoms with E-state index in [1.54, 1.807) is 0 Å². The summed E-state index contributed by atoms with van der Waals surface area (Å²) < 4.78 is 2.40. The van der Waals surface area contributed by atoms with Crippen molar-refractivity contribution in [2.45, 2.75) is 71.4 Å². The monoisotopic (exact) mass is 249 g/mol. The second-order valence-electron chi connectivity index (χ2n) is 6.57. The highest BCUT2D eigenvalue weighted by atomic mass is 15.1. The van der Waals surface area contributed by atoms with Gasteiger partial charge in [-0.25, -0.2) is 4.98 Å². The van der Waals surface area contributed by atoms with Crippen LogP contribution in [0.2, 0.25) is 0 Å². The molecule has 3 heteroatoms. The second kappa shape index (κ2) is 5.43. The molecule has 0 spiro atoms. The van der Waals surface area contributed by atoms with Gasteiger partial charge in [0.05, 0.1) is 12.0 Å². The third-order valence-corrected chi connectivity index (χ3v) is 3.75. The molecule has 18 heavy (non-hydrogen) atoms. The zero-order valence-electron chi connectivity index (χ0n) is 12.3. The smallest absolute Gasteiger partial charge is 0.0954 e. The Balaban J connectivity index is 1.93. The van der Waals surface area contributed by atoms with Crippen LogP contribution in [0.15, 0.2) is 6.33 Å². The fourth-order valence-corrected chi connectivity index (χ4v) is 2.67. The molecule has 0 amide bonds. The van der Waals surface area contributed by atoms with Crippen LogP contribution in [0.25, 0.3) is 0 Å². The summed E-state index contributed by atoms with van der Waals surface area (Å²) >= 11 is 0. The van der Waals surface area contributed by atoms with E-state index in [0.717, 1.165) is 6.54 Å². The van der Waals surface area contributed by atoms with Crippen molar-refractivity contribution in [1.82, 2.24) is 14.9 Å². The van der Waals surface area contributed by atoms with Gasteiger partial charge in [0.25, 0.3) is 0 Å². The van der Waals surface area contributed by atoms with Gasteiger partial charge in [-0.2, -0.15) is 0 Å². The molecule has 1 aliphatic carbocycles. The Morgan fingerprint density at radius 3 is 2.78 bits per heavy atom. The highest BCUT2D eigenvalue weighted by molar-refractivity contribution is 5.17. The van der Waals surface area contributed by atoms with Crippen molar-refractivity contribution in [3.63, 3.8) is 0 Å². The van der Waals surface area contributed by atoms with Gasteiger partial charge >= 0.3 is 0 Å². The Morgan fingerprint density at radius 2 is 2.06 bits per heavy atom. The predicted octanol–water partition coefficient (Wildman–Crippen LogP) is 3.10. The summed E-state index contributed by atoms with van der Waals surface area (Å²) in [6.07, 6.45) is 8.25. The lowest BCUT2D eigenvalue weighted by Gasteiger charge is -2.24. The maximum atomic E-state index is 4.58. The topological polar surface area (TPSA) is 29.9 Å². The molecule has 1 unspecified atom stereocenters. The van der Waals surface area contributed by atoms with E-state index in [2.05, 4.69) is 48.9 Å². The summed E-state index contributed by atoms with van der Waals surface area (Å²) in [7, 11) is 0. The molecule has 0 saturated carbocycles. The molecule has 1 atom stereocenters. The maximum absolute atomic E-state index is 4.58. The summed E-state index contributed by atoms with van der Waals surface area (Å²) in [5.74, 6) is 0. The van der Waals surface area contributed by atoms with E-state index in [1.165, 1.54) is 43.5 Å². The summed E-state index contributed by atoms with van der Waals surface area (Å²) in [4.78, 5) is 4.58. The molecule has 1 aliphatic rings. The van der Waals surface area contributed by atoms with Crippen LogP contribution >= 0.6 is 0 Å². The van der Waals surface area contributed by atoms with Gasteiger partial charge in [0, 0.05) is 17.3 Å². The van der Waals surface area contributed by atoms with Crippen molar-refractivity contribution < 1.29 is 0 Å². The predicted molar refractivity (Wildman–Crippen MR) is 76.0 cm³/mol. The first-order chi connectivity index (χ1) is 8.47. The van der Waals surface area contributed by atoms with Gasteiger partial charge in [-0.3, -0.25) is 0 Å². The number of imidazole rings is 1. The van der Waals surface area contributed by atoms with Crippen molar-refractivity contribution in [3.05, 3.63) is 17.7 Å². The fourth-order valence-electron chi connectivity index (χ4n) is 2.67. The van der Waals surface area contributed by atoms with E-state index in [9.17, 15) is 0 Å². The van der Waals surface area contributed by atoms with Gasteiger partial charge in [-0.15, -0.1) is 0 Å². The SMILES string of the molecule is CC(CCNC(C)(C)C)n1cnc2c1CCCC2. The third kappa shape index (κ3) is 3.35. The van der Waals surface area contributed by atoms with Crippen molar-refractivity contribution in [2.75, 3.05) is 6.54 Å². The molecule has 2 rings (SSSR count). The van der Waals surface area contributed by atoms with Gasteiger partial charge in [0.15, 0.2) is 0 Å². The molecule has 0 aromatic carbocycles. The molecular weight excluding hydrogens is 222 g/mol. The number of aryl methyl sites for hydroxylation is 1. The number of hydrogen-bond acceptors (Lipinski definition) is 2. The fraction of sp³-hybridized carbons (Fsp3) is 0.800. The Labute approximate surface area is 111 Å². The van der Waals surface area contributed by atoms with Crippen LogP contribution in [-0.2, 0) is 12.8 Å². The zero-order chi connectivity index (χ0) is 13.2. The van der Waals surface area contributed by atoms with E-state index in [4.69, 9.17) is 0 Å². The minimum atomic E-state index is 0.216. The lowest BCUT2D eigenvalue weighted by atomic mass is 10.0. The summed E-state index contributed by atoms with van der Waals surface area (Å²) in [5.41, 5.74) is 3.05. The lowest BCUT2D eigenvalue weighted by Crippen LogP contribution is -2.37. The van der Waals surface area contributed by atoms with Crippen LogP contribution < -0.4 is 5.32 Å². The number of nitrogens with one attached hydrogen (secondary N) is 1. The second-order valence-corrected chi connectivity index (χ2v) is 6.57. The molecular formula is C15H27N3. The van der Waals surface area contributed by atoms with E-state index in [0.29, 0.717) is 6.04 Å². The maximum Gasteiger partial charge on any atom is 0.0954 e. The van der Waals surface area contributed by atoms with Crippen molar-refractivity contribution in [1.29, 1.82) is 0 Å². The van der Waals surface area contributed by atoms with E-state index in [1.807, 2.05) is 0 Å². The molecule has 0 aliphatic heterocycles. The number of aromatic nitrogens is 2. The van der Waals surface area contributed by atoms with Crippen molar-refractivity contribution in [3.8, 4) is 0 Å². The summed E-state index contributed by atoms with van der Waals surface area (Å²) in [6.45, 7) is 10.0. The molecule has 1 N–H and O–H groups in total. The number of nitrogens with zero attached hydrogens (tertiary/aromatic N) is 2. The average Bonchev–Trinajstić information content (AvgIpc) is 2.70. The van der Waals surface area contributed by atoms with Crippen LogP contribution in [0.5, 0.6) is 0 Å². The summed E-state index contributed by atoms with van der Waals surface area (Å²) in [5, 5.41) is 3.56. The Morgan fingerprint density at radius 1 is 1.33 bits per heavy atom. The largest absolute Gasteiger partial charge is 0.331 e.